The molecule has 1 aliphatic rings. The van der Waals surface area contributed by atoms with Gasteiger partial charge in [-0.1, -0.05) is 0 Å². The Morgan fingerprint density at radius 2 is 2.33 bits per heavy atom. The lowest BCUT2D eigenvalue weighted by Gasteiger charge is -2.08. The quantitative estimate of drug-likeness (QED) is 0.775. The first-order chi connectivity index (χ1) is 7.08. The zero-order valence-corrected chi connectivity index (χ0v) is 8.36. The summed E-state index contributed by atoms with van der Waals surface area (Å²) >= 11 is 0. The Morgan fingerprint density at radius 3 is 3.00 bits per heavy atom. The van der Waals surface area contributed by atoms with E-state index in [2.05, 4.69) is 0 Å². The van der Waals surface area contributed by atoms with Gasteiger partial charge in [-0.2, -0.15) is 0 Å². The topological polar surface area (TPSA) is 66.8 Å². The van der Waals surface area contributed by atoms with Gasteiger partial charge < -0.3 is 14.9 Å². The van der Waals surface area contributed by atoms with Crippen LogP contribution < -0.4 is 4.74 Å². The molecule has 0 amide bonds. The molecule has 0 aliphatic carbocycles. The number of ether oxygens (including phenoxy) is 1. The number of fused-ring (bicyclic) bond motifs is 1. The highest BCUT2D eigenvalue weighted by Crippen LogP contribution is 2.40. The molecule has 0 fully saturated rings. The third-order valence-electron chi connectivity index (χ3n) is 2.60. The summed E-state index contributed by atoms with van der Waals surface area (Å²) in [5, 5.41) is 18.1. The molecule has 1 aromatic carbocycles. The number of rotatable bonds is 2. The van der Waals surface area contributed by atoms with Gasteiger partial charge in [0.05, 0.1) is 13.0 Å². The van der Waals surface area contributed by atoms with Crippen molar-refractivity contribution in [3.05, 3.63) is 23.3 Å². The summed E-state index contributed by atoms with van der Waals surface area (Å²) < 4.78 is 5.35. The molecule has 4 heteroatoms. The molecule has 2 N–H and O–H groups in total. The van der Waals surface area contributed by atoms with Crippen LogP contribution in [0, 0.1) is 6.92 Å². The van der Waals surface area contributed by atoms with Crippen LogP contribution in [0.4, 0.5) is 0 Å². The van der Waals surface area contributed by atoms with Crippen molar-refractivity contribution in [1.82, 2.24) is 0 Å². The average molecular weight is 208 g/mol. The number of aliphatic carboxylic acids is 1. The van der Waals surface area contributed by atoms with E-state index in [9.17, 15) is 9.90 Å². The van der Waals surface area contributed by atoms with Gasteiger partial charge in [0, 0.05) is 17.5 Å². The van der Waals surface area contributed by atoms with Crippen molar-refractivity contribution in [3.8, 4) is 11.5 Å². The molecule has 0 saturated heterocycles. The Labute approximate surface area is 87.1 Å². The number of benzene rings is 1. The predicted octanol–water partition coefficient (Wildman–Crippen LogP) is 1.65. The Morgan fingerprint density at radius 1 is 1.60 bits per heavy atom. The van der Waals surface area contributed by atoms with E-state index in [4.69, 9.17) is 9.84 Å². The van der Waals surface area contributed by atoms with Crippen LogP contribution in [0.25, 0.3) is 0 Å². The van der Waals surface area contributed by atoms with Gasteiger partial charge in [0.25, 0.3) is 0 Å². The number of hydrogen-bond donors (Lipinski definition) is 2. The van der Waals surface area contributed by atoms with Crippen molar-refractivity contribution >= 4 is 5.97 Å². The van der Waals surface area contributed by atoms with E-state index in [-0.39, 0.29) is 18.1 Å². The smallest absolute Gasteiger partial charge is 0.304 e. The van der Waals surface area contributed by atoms with Crippen LogP contribution in [0.3, 0.4) is 0 Å². The number of carbonyl (C=O) groups is 1. The van der Waals surface area contributed by atoms with Crippen molar-refractivity contribution in [3.63, 3.8) is 0 Å². The second-order valence-electron chi connectivity index (χ2n) is 3.78. The molecule has 0 unspecified atom stereocenters. The molecule has 2 rings (SSSR count). The summed E-state index contributed by atoms with van der Waals surface area (Å²) in [4.78, 5) is 10.6. The van der Waals surface area contributed by atoms with Crippen LogP contribution >= 0.6 is 0 Å². The molecule has 15 heavy (non-hydrogen) atoms. The molecule has 0 radical (unpaired) electrons. The SMILES string of the molecule is Cc1cc(O)cc2c1[C@@H](CC(=O)O)CO2. The van der Waals surface area contributed by atoms with Crippen LogP contribution in [-0.4, -0.2) is 22.8 Å². The molecule has 4 nitrogen and oxygen atoms in total. The van der Waals surface area contributed by atoms with Crippen molar-refractivity contribution < 1.29 is 19.7 Å². The maximum atomic E-state index is 10.6. The molecular weight excluding hydrogens is 196 g/mol. The van der Waals surface area contributed by atoms with E-state index in [0.29, 0.717) is 12.4 Å². The summed E-state index contributed by atoms with van der Waals surface area (Å²) in [6, 6.07) is 3.16. The van der Waals surface area contributed by atoms with E-state index in [1.165, 1.54) is 6.07 Å². The maximum Gasteiger partial charge on any atom is 0.304 e. The fraction of sp³-hybridized carbons (Fsp3) is 0.364. The van der Waals surface area contributed by atoms with Crippen molar-refractivity contribution in [1.29, 1.82) is 0 Å². The van der Waals surface area contributed by atoms with Crippen LogP contribution in [0.2, 0.25) is 0 Å². The standard InChI is InChI=1S/C11H12O4/c1-6-2-8(12)4-9-11(6)7(5-15-9)3-10(13)14/h2,4,7,12H,3,5H2,1H3,(H,13,14)/t7-/m0/s1. The highest BCUT2D eigenvalue weighted by atomic mass is 16.5. The molecule has 1 aromatic rings. The van der Waals surface area contributed by atoms with Gasteiger partial charge in [-0.15, -0.1) is 0 Å². The summed E-state index contributed by atoms with van der Waals surface area (Å²) in [6.07, 6.45) is 0.0681. The number of aromatic hydroxyl groups is 1. The van der Waals surface area contributed by atoms with E-state index < -0.39 is 5.97 Å². The number of aryl methyl sites for hydroxylation is 1. The minimum absolute atomic E-state index is 0.0681. The normalized spacial score (nSPS) is 18.3. The lowest BCUT2D eigenvalue weighted by Crippen LogP contribution is -2.08. The predicted molar refractivity (Wildman–Crippen MR) is 53.3 cm³/mol. The van der Waals surface area contributed by atoms with Gasteiger partial charge in [-0.25, -0.2) is 0 Å². The number of carboxylic acid groups (broad SMARTS) is 1. The van der Waals surface area contributed by atoms with Gasteiger partial charge in [0.15, 0.2) is 0 Å². The molecule has 80 valence electrons. The number of carboxylic acids is 1. The monoisotopic (exact) mass is 208 g/mol. The first-order valence-corrected chi connectivity index (χ1v) is 4.76. The van der Waals surface area contributed by atoms with E-state index >= 15 is 0 Å². The maximum absolute atomic E-state index is 10.6. The fourth-order valence-corrected chi connectivity index (χ4v) is 2.04. The Bertz CT molecular complexity index is 411. The highest BCUT2D eigenvalue weighted by molar-refractivity contribution is 5.69. The number of phenolic OH excluding ortho intramolecular Hbond substituents is 1. The van der Waals surface area contributed by atoms with E-state index in [1.54, 1.807) is 6.07 Å². The van der Waals surface area contributed by atoms with Crippen LogP contribution in [0.1, 0.15) is 23.5 Å². The second kappa shape index (κ2) is 3.46. The summed E-state index contributed by atoms with van der Waals surface area (Å²) in [5.74, 6) is -0.164. The van der Waals surface area contributed by atoms with Crippen molar-refractivity contribution in [2.45, 2.75) is 19.3 Å². The second-order valence-corrected chi connectivity index (χ2v) is 3.78. The van der Waals surface area contributed by atoms with Crippen molar-refractivity contribution in [2.75, 3.05) is 6.61 Å². The average Bonchev–Trinajstić information content (AvgIpc) is 2.46. The lowest BCUT2D eigenvalue weighted by atomic mass is 9.94. The molecule has 1 aliphatic heterocycles. The van der Waals surface area contributed by atoms with E-state index in [0.717, 1.165) is 11.1 Å². The third-order valence-corrected chi connectivity index (χ3v) is 2.60. The first-order valence-electron chi connectivity index (χ1n) is 4.76. The minimum Gasteiger partial charge on any atom is -0.508 e. The zero-order chi connectivity index (χ0) is 11.0. The van der Waals surface area contributed by atoms with Crippen molar-refractivity contribution in [2.24, 2.45) is 0 Å². The number of phenols is 1. The molecule has 0 bridgehead atoms. The van der Waals surface area contributed by atoms with Crippen LogP contribution in [0.15, 0.2) is 12.1 Å². The zero-order valence-electron chi connectivity index (χ0n) is 8.36. The van der Waals surface area contributed by atoms with Gasteiger partial charge in [-0.05, 0) is 18.6 Å². The number of hydrogen-bond acceptors (Lipinski definition) is 3. The Hall–Kier alpha value is -1.71. The summed E-state index contributed by atoms with van der Waals surface area (Å²) in [7, 11) is 0. The fourth-order valence-electron chi connectivity index (χ4n) is 2.04. The van der Waals surface area contributed by atoms with Crippen LogP contribution in [-0.2, 0) is 4.79 Å². The Balaban J connectivity index is 2.37. The van der Waals surface area contributed by atoms with E-state index in [1.807, 2.05) is 6.92 Å². The molecule has 0 saturated carbocycles. The minimum atomic E-state index is -0.830. The molecule has 1 atom stereocenters. The first kappa shape index (κ1) is 9.83. The van der Waals surface area contributed by atoms with Gasteiger partial charge in [-0.3, -0.25) is 4.79 Å². The molecular formula is C11H12O4. The van der Waals surface area contributed by atoms with Gasteiger partial charge in [0.1, 0.15) is 11.5 Å². The summed E-state index contributed by atoms with van der Waals surface area (Å²) in [5.41, 5.74) is 1.80. The van der Waals surface area contributed by atoms with Crippen LogP contribution in [0.5, 0.6) is 11.5 Å². The van der Waals surface area contributed by atoms with Gasteiger partial charge in [0.2, 0.25) is 0 Å². The molecule has 0 aromatic heterocycles. The Kier molecular flexibility index (Phi) is 2.26. The highest BCUT2D eigenvalue weighted by Gasteiger charge is 2.28. The largest absolute Gasteiger partial charge is 0.508 e. The van der Waals surface area contributed by atoms with Gasteiger partial charge >= 0.3 is 5.97 Å². The summed E-state index contributed by atoms with van der Waals surface area (Å²) in [6.45, 7) is 2.23. The molecule has 1 heterocycles. The lowest BCUT2D eigenvalue weighted by molar-refractivity contribution is -0.137. The molecule has 0 spiro atoms. The third kappa shape index (κ3) is 1.75.